The molecule has 0 N–H and O–H groups in total. The first-order valence-corrected chi connectivity index (χ1v) is 5.42. The lowest BCUT2D eigenvalue weighted by Gasteiger charge is -1.90. The third kappa shape index (κ3) is 1.37. The molecule has 0 bridgehead atoms. The number of rotatable bonds is 0. The second-order valence-corrected chi connectivity index (χ2v) is 4.84. The van der Waals surface area contributed by atoms with Gasteiger partial charge < -0.3 is 0 Å². The van der Waals surface area contributed by atoms with Crippen LogP contribution in [0.2, 0.25) is 0 Å². The molecule has 1 aromatic heterocycles. The molecule has 64 valence electrons. The quantitative estimate of drug-likeness (QED) is 0.698. The van der Waals surface area contributed by atoms with E-state index in [1.807, 2.05) is 18.2 Å². The highest BCUT2D eigenvalue weighted by atomic mass is 79.9. The molecule has 1 aromatic carbocycles. The topological polar surface area (TPSA) is 23.8 Å². The zero-order chi connectivity index (χ0) is 9.42. The number of nitriles is 1. The molecule has 0 aliphatic heterocycles. The van der Waals surface area contributed by atoms with E-state index >= 15 is 0 Å². The summed E-state index contributed by atoms with van der Waals surface area (Å²) in [5.74, 6) is 0. The third-order valence-electron chi connectivity index (χ3n) is 1.92. The Morgan fingerprint density at radius 3 is 2.92 bits per heavy atom. The van der Waals surface area contributed by atoms with Crippen molar-refractivity contribution in [3.63, 3.8) is 0 Å². The Balaban J connectivity index is 2.82. The molecule has 0 saturated heterocycles. The van der Waals surface area contributed by atoms with Gasteiger partial charge in [0, 0.05) is 19.4 Å². The fourth-order valence-corrected chi connectivity index (χ4v) is 2.97. The van der Waals surface area contributed by atoms with Crippen LogP contribution in [0.4, 0.5) is 0 Å². The fraction of sp³-hybridized carbons (Fsp3) is 0.100. The number of hydrogen-bond acceptors (Lipinski definition) is 2. The van der Waals surface area contributed by atoms with Crippen LogP contribution in [0.3, 0.4) is 0 Å². The molecule has 0 spiro atoms. The van der Waals surface area contributed by atoms with Gasteiger partial charge in [0.15, 0.2) is 0 Å². The number of halogens is 1. The second kappa shape index (κ2) is 3.13. The van der Waals surface area contributed by atoms with E-state index in [4.69, 9.17) is 5.26 Å². The van der Waals surface area contributed by atoms with Crippen molar-refractivity contribution in [2.24, 2.45) is 0 Å². The smallest absolute Gasteiger partial charge is 0.0992 e. The maximum Gasteiger partial charge on any atom is 0.0992 e. The van der Waals surface area contributed by atoms with Gasteiger partial charge in [-0.15, -0.1) is 11.3 Å². The molecule has 0 atom stereocenters. The van der Waals surface area contributed by atoms with Crippen molar-refractivity contribution in [2.45, 2.75) is 6.92 Å². The van der Waals surface area contributed by atoms with Crippen LogP contribution in [-0.2, 0) is 0 Å². The van der Waals surface area contributed by atoms with Crippen molar-refractivity contribution in [2.75, 3.05) is 0 Å². The summed E-state index contributed by atoms with van der Waals surface area (Å²) in [6.07, 6.45) is 0. The summed E-state index contributed by atoms with van der Waals surface area (Å²) >= 11 is 5.24. The molecular formula is C10H6BrNS. The Morgan fingerprint density at radius 2 is 2.23 bits per heavy atom. The first-order chi connectivity index (χ1) is 6.22. The monoisotopic (exact) mass is 251 g/mol. The number of benzene rings is 1. The summed E-state index contributed by atoms with van der Waals surface area (Å²) in [5, 5.41) is 9.91. The van der Waals surface area contributed by atoms with Gasteiger partial charge in [0.1, 0.15) is 0 Å². The van der Waals surface area contributed by atoms with Gasteiger partial charge in [-0.25, -0.2) is 0 Å². The Kier molecular flexibility index (Phi) is 2.10. The highest BCUT2D eigenvalue weighted by Gasteiger charge is 2.05. The molecule has 0 saturated carbocycles. The van der Waals surface area contributed by atoms with Crippen molar-refractivity contribution in [1.29, 1.82) is 5.26 Å². The van der Waals surface area contributed by atoms with Gasteiger partial charge in [-0.3, -0.25) is 0 Å². The SMILES string of the molecule is Cc1sc2cc(C#N)ccc2c1Br. The van der Waals surface area contributed by atoms with Gasteiger partial charge in [-0.1, -0.05) is 6.07 Å². The van der Waals surface area contributed by atoms with Crippen molar-refractivity contribution >= 4 is 37.4 Å². The number of hydrogen-bond donors (Lipinski definition) is 0. The van der Waals surface area contributed by atoms with Crippen LogP contribution in [0.1, 0.15) is 10.4 Å². The van der Waals surface area contributed by atoms with Crippen molar-refractivity contribution in [1.82, 2.24) is 0 Å². The van der Waals surface area contributed by atoms with E-state index in [9.17, 15) is 0 Å². The normalized spacial score (nSPS) is 10.2. The molecule has 2 rings (SSSR count). The van der Waals surface area contributed by atoms with Crippen LogP contribution < -0.4 is 0 Å². The van der Waals surface area contributed by atoms with Gasteiger partial charge in [-0.2, -0.15) is 5.26 Å². The first-order valence-electron chi connectivity index (χ1n) is 3.81. The molecule has 3 heteroatoms. The minimum Gasteiger partial charge on any atom is -0.192 e. The van der Waals surface area contributed by atoms with Crippen LogP contribution >= 0.6 is 27.3 Å². The average Bonchev–Trinajstić information content (AvgIpc) is 2.42. The lowest BCUT2D eigenvalue weighted by Crippen LogP contribution is -1.71. The second-order valence-electron chi connectivity index (χ2n) is 2.79. The van der Waals surface area contributed by atoms with E-state index in [2.05, 4.69) is 28.9 Å². The maximum absolute atomic E-state index is 8.72. The summed E-state index contributed by atoms with van der Waals surface area (Å²) < 4.78 is 2.32. The number of nitrogens with zero attached hydrogens (tertiary/aromatic N) is 1. The predicted molar refractivity (Wildman–Crippen MR) is 59.0 cm³/mol. The van der Waals surface area contributed by atoms with Gasteiger partial charge in [0.25, 0.3) is 0 Å². The van der Waals surface area contributed by atoms with Crippen LogP contribution in [0.5, 0.6) is 0 Å². The summed E-state index contributed by atoms with van der Waals surface area (Å²) in [6, 6.07) is 7.90. The molecule has 0 fully saturated rings. The van der Waals surface area contributed by atoms with E-state index in [0.29, 0.717) is 0 Å². The highest BCUT2D eigenvalue weighted by Crippen LogP contribution is 2.35. The summed E-state index contributed by atoms with van der Waals surface area (Å²) in [5.41, 5.74) is 0.723. The molecular weight excluding hydrogens is 246 g/mol. The molecule has 2 aromatic rings. The largest absolute Gasteiger partial charge is 0.192 e. The Bertz CT molecular complexity index is 507. The van der Waals surface area contributed by atoms with E-state index in [1.54, 1.807) is 11.3 Å². The van der Waals surface area contributed by atoms with Crippen LogP contribution in [0.15, 0.2) is 22.7 Å². The Labute approximate surface area is 88.7 Å². The van der Waals surface area contributed by atoms with Crippen LogP contribution in [0.25, 0.3) is 10.1 Å². The Morgan fingerprint density at radius 1 is 1.46 bits per heavy atom. The summed E-state index contributed by atoms with van der Waals surface area (Å²) in [6.45, 7) is 2.07. The van der Waals surface area contributed by atoms with Crippen molar-refractivity contribution in [3.8, 4) is 6.07 Å². The fourth-order valence-electron chi connectivity index (χ4n) is 1.26. The minimum absolute atomic E-state index is 0.723. The third-order valence-corrected chi connectivity index (χ3v) is 4.27. The molecule has 0 aliphatic rings. The molecule has 13 heavy (non-hydrogen) atoms. The first kappa shape index (κ1) is 8.74. The van der Waals surface area contributed by atoms with Crippen LogP contribution in [-0.4, -0.2) is 0 Å². The highest BCUT2D eigenvalue weighted by molar-refractivity contribution is 9.10. The van der Waals surface area contributed by atoms with E-state index in [0.717, 1.165) is 10.0 Å². The van der Waals surface area contributed by atoms with Crippen molar-refractivity contribution < 1.29 is 0 Å². The molecule has 0 amide bonds. The lowest BCUT2D eigenvalue weighted by molar-refractivity contribution is 1.50. The van der Waals surface area contributed by atoms with Gasteiger partial charge >= 0.3 is 0 Å². The average molecular weight is 252 g/mol. The Hall–Kier alpha value is -0.850. The summed E-state index contributed by atoms with van der Waals surface area (Å²) in [4.78, 5) is 1.25. The standard InChI is InChI=1S/C10H6BrNS/c1-6-10(11)8-3-2-7(5-12)4-9(8)13-6/h2-4H,1H3. The maximum atomic E-state index is 8.72. The lowest BCUT2D eigenvalue weighted by atomic mass is 10.2. The van der Waals surface area contributed by atoms with Gasteiger partial charge in [0.2, 0.25) is 0 Å². The minimum atomic E-state index is 0.723. The zero-order valence-electron chi connectivity index (χ0n) is 6.97. The molecule has 1 heterocycles. The number of thiophene rings is 1. The zero-order valence-corrected chi connectivity index (χ0v) is 9.37. The number of fused-ring (bicyclic) bond motifs is 1. The van der Waals surface area contributed by atoms with E-state index < -0.39 is 0 Å². The molecule has 0 radical (unpaired) electrons. The van der Waals surface area contributed by atoms with E-state index in [-0.39, 0.29) is 0 Å². The van der Waals surface area contributed by atoms with Crippen LogP contribution in [0, 0.1) is 18.3 Å². The number of aryl methyl sites for hydroxylation is 1. The molecule has 1 nitrogen and oxygen atoms in total. The van der Waals surface area contributed by atoms with Gasteiger partial charge in [0.05, 0.1) is 11.6 Å². The molecule has 0 unspecified atom stereocenters. The van der Waals surface area contributed by atoms with Crippen molar-refractivity contribution in [3.05, 3.63) is 33.1 Å². The summed E-state index contributed by atoms with van der Waals surface area (Å²) in [7, 11) is 0. The van der Waals surface area contributed by atoms with E-state index in [1.165, 1.54) is 15.0 Å². The predicted octanol–water partition coefficient (Wildman–Crippen LogP) is 3.84. The van der Waals surface area contributed by atoms with Gasteiger partial charge in [-0.05, 0) is 35.0 Å². The molecule has 0 aliphatic carbocycles.